The zero-order chi connectivity index (χ0) is 14.5. The maximum Gasteiger partial charge on any atom is 0.335 e. The molecule has 0 bridgehead atoms. The average Bonchev–Trinajstić information content (AvgIpc) is 2.45. The van der Waals surface area contributed by atoms with Gasteiger partial charge in [0.25, 0.3) is 0 Å². The van der Waals surface area contributed by atoms with E-state index in [0.717, 1.165) is 5.56 Å². The van der Waals surface area contributed by atoms with Gasteiger partial charge in [0.05, 0.1) is 24.8 Å². The third-order valence-electron chi connectivity index (χ3n) is 3.27. The zero-order valence-corrected chi connectivity index (χ0v) is 11.3. The van der Waals surface area contributed by atoms with Gasteiger partial charge in [0.15, 0.2) is 0 Å². The van der Waals surface area contributed by atoms with E-state index in [4.69, 9.17) is 9.84 Å². The predicted molar refractivity (Wildman–Crippen MR) is 72.6 cm³/mol. The lowest BCUT2D eigenvalue weighted by Gasteiger charge is -2.33. The number of hydrogen-bond acceptors (Lipinski definition) is 3. The van der Waals surface area contributed by atoms with Crippen LogP contribution in [-0.4, -0.2) is 47.8 Å². The Hall–Kier alpha value is -2.08. The van der Waals surface area contributed by atoms with Crippen LogP contribution in [0.1, 0.15) is 22.8 Å². The van der Waals surface area contributed by atoms with Crippen molar-refractivity contribution in [1.29, 1.82) is 0 Å². The van der Waals surface area contributed by atoms with Crippen molar-refractivity contribution in [3.63, 3.8) is 0 Å². The number of nitrogens with one attached hydrogen (secondary N) is 1. The molecular weight excluding hydrogens is 260 g/mol. The number of carboxylic acids is 1. The van der Waals surface area contributed by atoms with Gasteiger partial charge in [-0.15, -0.1) is 0 Å². The Bertz CT molecular complexity index is 486. The number of carboxylic acid groups (broad SMARTS) is 1. The molecule has 0 aliphatic carbocycles. The normalized spacial score (nSPS) is 18.6. The lowest BCUT2D eigenvalue weighted by Crippen LogP contribution is -2.51. The lowest BCUT2D eigenvalue weighted by molar-refractivity contribution is 0.0190. The van der Waals surface area contributed by atoms with Crippen LogP contribution < -0.4 is 5.32 Å². The van der Waals surface area contributed by atoms with Gasteiger partial charge in [-0.25, -0.2) is 9.59 Å². The molecule has 2 amide bonds. The summed E-state index contributed by atoms with van der Waals surface area (Å²) in [6.07, 6.45) is 0. The molecule has 0 unspecified atom stereocenters. The molecule has 0 aromatic heterocycles. The Morgan fingerprint density at radius 3 is 2.70 bits per heavy atom. The highest BCUT2D eigenvalue weighted by Crippen LogP contribution is 2.08. The van der Waals surface area contributed by atoms with Crippen LogP contribution in [0.5, 0.6) is 0 Å². The van der Waals surface area contributed by atoms with Crippen LogP contribution in [-0.2, 0) is 11.3 Å². The van der Waals surface area contributed by atoms with Crippen molar-refractivity contribution in [3.05, 3.63) is 35.4 Å². The van der Waals surface area contributed by atoms with Gasteiger partial charge in [0.1, 0.15) is 0 Å². The topological polar surface area (TPSA) is 78.9 Å². The van der Waals surface area contributed by atoms with Crippen LogP contribution in [0.3, 0.4) is 0 Å². The minimum absolute atomic E-state index is 0.0677. The van der Waals surface area contributed by atoms with Crippen molar-refractivity contribution in [2.75, 3.05) is 19.8 Å². The Balaban J connectivity index is 1.88. The van der Waals surface area contributed by atoms with Gasteiger partial charge >= 0.3 is 12.0 Å². The standard InChI is InChI=1S/C14H18N2O4/c1-10-9-20-7-6-16(10)14(19)15-8-11-2-4-12(5-3-11)13(17)18/h2-5,10H,6-9H2,1H3,(H,15,19)(H,17,18)/t10-/m1/s1. The molecule has 1 aromatic carbocycles. The molecule has 0 radical (unpaired) electrons. The van der Waals surface area contributed by atoms with Crippen molar-refractivity contribution in [3.8, 4) is 0 Å². The molecule has 0 saturated carbocycles. The van der Waals surface area contributed by atoms with Crippen molar-refractivity contribution in [2.24, 2.45) is 0 Å². The summed E-state index contributed by atoms with van der Waals surface area (Å²) in [7, 11) is 0. The number of benzene rings is 1. The highest BCUT2D eigenvalue weighted by atomic mass is 16.5. The van der Waals surface area contributed by atoms with Crippen molar-refractivity contribution >= 4 is 12.0 Å². The number of ether oxygens (including phenoxy) is 1. The van der Waals surface area contributed by atoms with Crippen LogP contribution in [0.25, 0.3) is 0 Å². The summed E-state index contributed by atoms with van der Waals surface area (Å²) >= 11 is 0. The van der Waals surface area contributed by atoms with Gasteiger partial charge < -0.3 is 20.1 Å². The molecule has 1 aliphatic rings. The van der Waals surface area contributed by atoms with Crippen LogP contribution in [0.4, 0.5) is 4.79 Å². The summed E-state index contributed by atoms with van der Waals surface area (Å²) in [6.45, 7) is 4.03. The first kappa shape index (κ1) is 14.3. The molecule has 108 valence electrons. The first-order valence-electron chi connectivity index (χ1n) is 6.52. The van der Waals surface area contributed by atoms with Crippen molar-refractivity contribution in [2.45, 2.75) is 19.5 Å². The molecule has 1 heterocycles. The molecule has 1 fully saturated rings. The zero-order valence-electron chi connectivity index (χ0n) is 11.3. The molecule has 20 heavy (non-hydrogen) atoms. The fraction of sp³-hybridized carbons (Fsp3) is 0.429. The molecule has 1 aromatic rings. The maximum absolute atomic E-state index is 12.0. The summed E-state index contributed by atoms with van der Waals surface area (Å²) in [4.78, 5) is 24.5. The Kier molecular flexibility index (Phi) is 4.57. The Labute approximate surface area is 117 Å². The van der Waals surface area contributed by atoms with Gasteiger partial charge in [-0.3, -0.25) is 0 Å². The lowest BCUT2D eigenvalue weighted by atomic mass is 10.1. The van der Waals surface area contributed by atoms with Gasteiger partial charge in [0, 0.05) is 13.1 Å². The number of morpholine rings is 1. The van der Waals surface area contributed by atoms with Crippen LogP contribution in [0.2, 0.25) is 0 Å². The summed E-state index contributed by atoms with van der Waals surface area (Å²) in [5.41, 5.74) is 1.10. The number of carbonyl (C=O) groups is 2. The fourth-order valence-corrected chi connectivity index (χ4v) is 2.07. The monoisotopic (exact) mass is 278 g/mol. The highest BCUT2D eigenvalue weighted by Gasteiger charge is 2.23. The number of rotatable bonds is 3. The second-order valence-electron chi connectivity index (χ2n) is 4.78. The second kappa shape index (κ2) is 6.38. The van der Waals surface area contributed by atoms with E-state index in [1.54, 1.807) is 17.0 Å². The van der Waals surface area contributed by atoms with Crippen molar-refractivity contribution in [1.82, 2.24) is 10.2 Å². The summed E-state index contributed by atoms with van der Waals surface area (Å²) in [6, 6.07) is 6.41. The maximum atomic E-state index is 12.0. The number of urea groups is 1. The third-order valence-corrected chi connectivity index (χ3v) is 3.27. The van der Waals surface area contributed by atoms with Gasteiger partial charge in [-0.1, -0.05) is 12.1 Å². The number of aromatic carboxylic acids is 1. The van der Waals surface area contributed by atoms with E-state index < -0.39 is 5.97 Å². The fourth-order valence-electron chi connectivity index (χ4n) is 2.07. The van der Waals surface area contributed by atoms with E-state index in [9.17, 15) is 9.59 Å². The molecule has 1 atom stereocenters. The molecular formula is C14H18N2O4. The van der Waals surface area contributed by atoms with Crippen LogP contribution in [0.15, 0.2) is 24.3 Å². The van der Waals surface area contributed by atoms with E-state index in [-0.39, 0.29) is 17.6 Å². The minimum Gasteiger partial charge on any atom is -0.478 e. The Morgan fingerprint density at radius 2 is 2.10 bits per heavy atom. The van der Waals surface area contributed by atoms with Gasteiger partial charge in [0.2, 0.25) is 0 Å². The smallest absolute Gasteiger partial charge is 0.335 e. The minimum atomic E-state index is -0.956. The van der Waals surface area contributed by atoms with E-state index in [1.807, 2.05) is 6.92 Å². The Morgan fingerprint density at radius 1 is 1.40 bits per heavy atom. The molecule has 6 heteroatoms. The van der Waals surface area contributed by atoms with Gasteiger partial charge in [-0.05, 0) is 24.6 Å². The van der Waals surface area contributed by atoms with Gasteiger partial charge in [-0.2, -0.15) is 0 Å². The summed E-state index contributed by atoms with van der Waals surface area (Å²) < 4.78 is 5.28. The number of hydrogen-bond donors (Lipinski definition) is 2. The number of carbonyl (C=O) groups excluding carboxylic acids is 1. The van der Waals surface area contributed by atoms with Crippen LogP contribution in [0, 0.1) is 0 Å². The van der Waals surface area contributed by atoms with E-state index in [0.29, 0.717) is 26.3 Å². The number of amides is 2. The average molecular weight is 278 g/mol. The first-order valence-corrected chi connectivity index (χ1v) is 6.52. The molecule has 2 rings (SSSR count). The molecule has 1 aliphatic heterocycles. The molecule has 1 saturated heterocycles. The largest absolute Gasteiger partial charge is 0.478 e. The quantitative estimate of drug-likeness (QED) is 0.874. The first-order chi connectivity index (χ1) is 9.58. The summed E-state index contributed by atoms with van der Waals surface area (Å²) in [5, 5.41) is 11.6. The molecule has 0 spiro atoms. The van der Waals surface area contributed by atoms with E-state index >= 15 is 0 Å². The summed E-state index contributed by atoms with van der Waals surface area (Å²) in [5.74, 6) is -0.956. The highest BCUT2D eigenvalue weighted by molar-refractivity contribution is 5.87. The SMILES string of the molecule is C[C@@H]1COCCN1C(=O)NCc1ccc(C(=O)O)cc1. The predicted octanol–water partition coefficient (Wildman–Crippen LogP) is 1.32. The molecule has 2 N–H and O–H groups in total. The van der Waals surface area contributed by atoms with E-state index in [2.05, 4.69) is 5.32 Å². The molecule has 6 nitrogen and oxygen atoms in total. The van der Waals surface area contributed by atoms with Crippen LogP contribution >= 0.6 is 0 Å². The second-order valence-corrected chi connectivity index (χ2v) is 4.78. The third kappa shape index (κ3) is 3.48. The van der Waals surface area contributed by atoms with Crippen molar-refractivity contribution < 1.29 is 19.4 Å². The number of nitrogens with zero attached hydrogens (tertiary/aromatic N) is 1. The van der Waals surface area contributed by atoms with E-state index in [1.165, 1.54) is 12.1 Å².